The molecule has 2 N–H and O–H groups in total. The van der Waals surface area contributed by atoms with Crippen LogP contribution in [0.2, 0.25) is 5.02 Å². The Bertz CT molecular complexity index is 661. The summed E-state index contributed by atoms with van der Waals surface area (Å²) in [5, 5.41) is 10.1. The second-order valence-corrected chi connectivity index (χ2v) is 4.48. The smallest absolute Gasteiger partial charge is 0.275 e. The van der Waals surface area contributed by atoms with Gasteiger partial charge >= 0.3 is 0 Å². The van der Waals surface area contributed by atoms with Gasteiger partial charge in [-0.25, -0.2) is 5.10 Å². The third kappa shape index (κ3) is 3.20. The van der Waals surface area contributed by atoms with Gasteiger partial charge in [0.25, 0.3) is 5.56 Å². The molecule has 0 radical (unpaired) electrons. The summed E-state index contributed by atoms with van der Waals surface area (Å²) in [5.74, 6) is 0. The van der Waals surface area contributed by atoms with Crippen molar-refractivity contribution in [3.8, 4) is 0 Å². The summed E-state index contributed by atoms with van der Waals surface area (Å²) in [6, 6.07) is 7.98. The largest absolute Gasteiger partial charge is 0.285 e. The van der Waals surface area contributed by atoms with E-state index in [9.17, 15) is 4.79 Å². The highest BCUT2D eigenvalue weighted by Gasteiger charge is 2.04. The Morgan fingerprint density at radius 1 is 1.37 bits per heavy atom. The molecule has 6 heteroatoms. The van der Waals surface area contributed by atoms with E-state index in [0.717, 1.165) is 11.3 Å². The molecule has 0 aliphatic rings. The minimum atomic E-state index is -0.449. The monoisotopic (exact) mass is 276 g/mol. The molecule has 0 spiro atoms. The number of aryl methyl sites for hydroxylation is 1. The highest BCUT2D eigenvalue weighted by molar-refractivity contribution is 6.32. The number of hydrogen-bond acceptors (Lipinski definition) is 4. The van der Waals surface area contributed by atoms with Crippen molar-refractivity contribution in [2.75, 3.05) is 5.43 Å². The molecule has 0 saturated heterocycles. The van der Waals surface area contributed by atoms with Gasteiger partial charge in [-0.15, -0.1) is 0 Å². The van der Waals surface area contributed by atoms with E-state index >= 15 is 0 Å². The molecule has 0 saturated carbocycles. The Morgan fingerprint density at radius 2 is 2.05 bits per heavy atom. The summed E-state index contributed by atoms with van der Waals surface area (Å²) in [7, 11) is 0. The van der Waals surface area contributed by atoms with Gasteiger partial charge in [0, 0.05) is 0 Å². The Hall–Kier alpha value is -2.14. The molecule has 2 rings (SSSR count). The fraction of sp³-hybridized carbons (Fsp3) is 0.154. The Labute approximate surface area is 115 Å². The van der Waals surface area contributed by atoms with Gasteiger partial charge in [-0.3, -0.25) is 10.2 Å². The van der Waals surface area contributed by atoms with Crippen LogP contribution in [-0.2, 0) is 0 Å². The maximum atomic E-state index is 11.3. The minimum absolute atomic E-state index is 0.0375. The van der Waals surface area contributed by atoms with E-state index in [2.05, 4.69) is 20.7 Å². The molecular weight excluding hydrogens is 264 g/mol. The first-order chi connectivity index (χ1) is 9.08. The lowest BCUT2D eigenvalue weighted by molar-refractivity contribution is 0.986. The Morgan fingerprint density at radius 3 is 2.74 bits per heavy atom. The summed E-state index contributed by atoms with van der Waals surface area (Å²) in [6.07, 6.45) is 1.41. The average Bonchev–Trinajstić information content (AvgIpc) is 2.41. The number of hydrazone groups is 1. The quantitative estimate of drug-likeness (QED) is 0.669. The maximum Gasteiger partial charge on any atom is 0.285 e. The molecule has 0 fully saturated rings. The zero-order valence-corrected chi connectivity index (χ0v) is 11.3. The van der Waals surface area contributed by atoms with Crippen LogP contribution in [0.3, 0.4) is 0 Å². The van der Waals surface area contributed by atoms with Gasteiger partial charge in [0.15, 0.2) is 0 Å². The number of halogens is 1. The predicted octanol–water partition coefficient (Wildman–Crippen LogP) is 2.57. The van der Waals surface area contributed by atoms with Gasteiger partial charge < -0.3 is 0 Å². The van der Waals surface area contributed by atoms with Crippen molar-refractivity contribution in [3.63, 3.8) is 0 Å². The van der Waals surface area contributed by atoms with Crippen LogP contribution in [0, 0.1) is 6.92 Å². The molecule has 0 atom stereocenters. The molecule has 0 aliphatic carbocycles. The molecule has 1 aromatic carbocycles. The standard InChI is InChI=1S/C13H13ClN4O/c1-8-3-5-10(6-4-8)9(2)16-17-11-7-15-18-13(19)12(11)14/h3-7H,1-2H3,(H2,17,18,19)/b16-9-. The van der Waals surface area contributed by atoms with Crippen LogP contribution < -0.4 is 11.0 Å². The number of benzene rings is 1. The molecule has 0 bridgehead atoms. The van der Waals surface area contributed by atoms with E-state index < -0.39 is 5.56 Å². The third-order valence-corrected chi connectivity index (χ3v) is 2.98. The zero-order chi connectivity index (χ0) is 13.8. The lowest BCUT2D eigenvalue weighted by atomic mass is 10.1. The molecular formula is C13H13ClN4O. The number of nitrogens with zero attached hydrogens (tertiary/aromatic N) is 2. The van der Waals surface area contributed by atoms with Gasteiger partial charge in [0.1, 0.15) is 10.7 Å². The number of hydrogen-bond donors (Lipinski definition) is 2. The normalized spacial score (nSPS) is 11.4. The molecule has 0 unspecified atom stereocenters. The number of nitrogens with one attached hydrogen (secondary N) is 2. The SMILES string of the molecule is C/C(=N/Nc1cn[nH]c(=O)c1Cl)c1ccc(C)cc1. The van der Waals surface area contributed by atoms with Crippen molar-refractivity contribution in [1.29, 1.82) is 0 Å². The predicted molar refractivity (Wildman–Crippen MR) is 76.9 cm³/mol. The molecule has 19 heavy (non-hydrogen) atoms. The third-order valence-electron chi connectivity index (χ3n) is 2.61. The topological polar surface area (TPSA) is 70.1 Å². The molecule has 1 aromatic heterocycles. The van der Waals surface area contributed by atoms with Crippen LogP contribution in [0.4, 0.5) is 5.69 Å². The van der Waals surface area contributed by atoms with Crippen molar-refractivity contribution in [3.05, 3.63) is 57.0 Å². The molecule has 5 nitrogen and oxygen atoms in total. The van der Waals surface area contributed by atoms with Gasteiger partial charge in [-0.05, 0) is 19.4 Å². The lowest BCUT2D eigenvalue weighted by Gasteiger charge is -2.04. The number of aromatic amines is 1. The second kappa shape index (κ2) is 5.67. The summed E-state index contributed by atoms with van der Waals surface area (Å²) < 4.78 is 0. The fourth-order valence-corrected chi connectivity index (χ4v) is 1.60. The lowest BCUT2D eigenvalue weighted by Crippen LogP contribution is -2.10. The fourth-order valence-electron chi connectivity index (χ4n) is 1.46. The van der Waals surface area contributed by atoms with Crippen LogP contribution >= 0.6 is 11.6 Å². The minimum Gasteiger partial charge on any atom is -0.275 e. The number of rotatable bonds is 3. The van der Waals surface area contributed by atoms with Crippen molar-refractivity contribution in [1.82, 2.24) is 10.2 Å². The van der Waals surface area contributed by atoms with Crippen molar-refractivity contribution < 1.29 is 0 Å². The van der Waals surface area contributed by atoms with Gasteiger partial charge in [0.2, 0.25) is 0 Å². The maximum absolute atomic E-state index is 11.3. The second-order valence-electron chi connectivity index (χ2n) is 4.10. The van der Waals surface area contributed by atoms with Crippen LogP contribution in [0.15, 0.2) is 40.4 Å². The first-order valence-corrected chi connectivity index (χ1v) is 6.06. The van der Waals surface area contributed by atoms with Gasteiger partial charge in [-0.2, -0.15) is 10.2 Å². The molecule has 98 valence electrons. The molecule has 1 heterocycles. The first kappa shape index (κ1) is 13.3. The Balaban J connectivity index is 2.20. The van der Waals surface area contributed by atoms with Crippen molar-refractivity contribution >= 4 is 23.0 Å². The van der Waals surface area contributed by atoms with E-state index in [1.165, 1.54) is 11.8 Å². The summed E-state index contributed by atoms with van der Waals surface area (Å²) >= 11 is 5.83. The van der Waals surface area contributed by atoms with Crippen LogP contribution in [0.25, 0.3) is 0 Å². The Kier molecular flexibility index (Phi) is 3.97. The summed E-state index contributed by atoms with van der Waals surface area (Å²) in [4.78, 5) is 11.3. The highest BCUT2D eigenvalue weighted by Crippen LogP contribution is 2.14. The number of H-pyrrole nitrogens is 1. The highest BCUT2D eigenvalue weighted by atomic mass is 35.5. The van der Waals surface area contributed by atoms with Crippen LogP contribution in [-0.4, -0.2) is 15.9 Å². The van der Waals surface area contributed by atoms with Crippen molar-refractivity contribution in [2.24, 2.45) is 5.10 Å². The van der Waals surface area contributed by atoms with Gasteiger partial charge in [0.05, 0.1) is 11.9 Å². The first-order valence-electron chi connectivity index (χ1n) is 5.68. The van der Waals surface area contributed by atoms with E-state index in [1.807, 2.05) is 38.1 Å². The van der Waals surface area contributed by atoms with Crippen molar-refractivity contribution in [2.45, 2.75) is 13.8 Å². The van der Waals surface area contributed by atoms with Gasteiger partial charge in [-0.1, -0.05) is 41.4 Å². The van der Waals surface area contributed by atoms with E-state index in [0.29, 0.717) is 5.69 Å². The number of aromatic nitrogens is 2. The van der Waals surface area contributed by atoms with E-state index in [4.69, 9.17) is 11.6 Å². The summed E-state index contributed by atoms with van der Waals surface area (Å²) in [6.45, 7) is 3.89. The molecule has 2 aromatic rings. The summed E-state index contributed by atoms with van der Waals surface area (Å²) in [5.41, 5.74) is 5.63. The number of anilines is 1. The zero-order valence-electron chi connectivity index (χ0n) is 10.6. The van der Waals surface area contributed by atoms with Crippen LogP contribution in [0.1, 0.15) is 18.1 Å². The van der Waals surface area contributed by atoms with E-state index in [-0.39, 0.29) is 5.02 Å². The molecule has 0 amide bonds. The average molecular weight is 277 g/mol. The van der Waals surface area contributed by atoms with E-state index in [1.54, 1.807) is 0 Å². The van der Waals surface area contributed by atoms with Crippen LogP contribution in [0.5, 0.6) is 0 Å². The molecule has 0 aliphatic heterocycles.